The number of rotatable bonds is 2. The van der Waals surface area contributed by atoms with Gasteiger partial charge in [0.15, 0.2) is 0 Å². The molecule has 0 aromatic heterocycles. The summed E-state index contributed by atoms with van der Waals surface area (Å²) in [5.74, 6) is 0. The lowest BCUT2D eigenvalue weighted by Crippen LogP contribution is -2.47. The van der Waals surface area contributed by atoms with Crippen LogP contribution >= 0.6 is 0 Å². The number of hydrogen-bond donors (Lipinski definition) is 1. The molecule has 1 aromatic rings. The van der Waals surface area contributed by atoms with Gasteiger partial charge in [0.25, 0.3) is 0 Å². The van der Waals surface area contributed by atoms with E-state index in [0.29, 0.717) is 6.04 Å². The fourth-order valence-electron chi connectivity index (χ4n) is 2.31. The molecule has 0 amide bonds. The first-order chi connectivity index (χ1) is 6.97. The van der Waals surface area contributed by atoms with E-state index in [2.05, 4.69) is 49.9 Å². The van der Waals surface area contributed by atoms with Crippen LogP contribution in [0.3, 0.4) is 0 Å². The first kappa shape index (κ1) is 10.5. The number of nitrogens with zero attached hydrogens (tertiary/aromatic N) is 1. The molecule has 0 spiro atoms. The fourth-order valence-corrected chi connectivity index (χ4v) is 2.31. The smallest absolute Gasteiger partial charge is 0.0402 e. The Hall–Kier alpha value is -1.02. The van der Waals surface area contributed by atoms with Crippen LogP contribution in [0.4, 0.5) is 5.69 Å². The molecule has 0 fully saturated rings. The molecule has 2 heteroatoms. The topological polar surface area (TPSA) is 29.3 Å². The zero-order valence-corrected chi connectivity index (χ0v) is 9.83. The van der Waals surface area contributed by atoms with Crippen molar-refractivity contribution in [2.75, 3.05) is 11.4 Å². The van der Waals surface area contributed by atoms with Gasteiger partial charge in [-0.3, -0.25) is 0 Å². The van der Waals surface area contributed by atoms with Gasteiger partial charge in [0.1, 0.15) is 0 Å². The van der Waals surface area contributed by atoms with Gasteiger partial charge in [-0.1, -0.05) is 18.2 Å². The Morgan fingerprint density at radius 3 is 2.73 bits per heavy atom. The molecule has 82 valence electrons. The van der Waals surface area contributed by atoms with Gasteiger partial charge in [0.2, 0.25) is 0 Å². The third kappa shape index (κ3) is 2.15. The summed E-state index contributed by atoms with van der Waals surface area (Å²) >= 11 is 0. The zero-order chi connectivity index (χ0) is 11.1. The van der Waals surface area contributed by atoms with Crippen molar-refractivity contribution < 1.29 is 0 Å². The standard InChI is InChI=1S/C13H20N2/c1-10-8-11-6-4-5-7-12(11)15(10)9-13(2,3)14/h4-7,10H,8-9,14H2,1-3H3. The van der Waals surface area contributed by atoms with Gasteiger partial charge in [0, 0.05) is 23.8 Å². The Balaban J connectivity index is 2.26. The van der Waals surface area contributed by atoms with E-state index >= 15 is 0 Å². The second-order valence-electron chi connectivity index (χ2n) is 5.30. The highest BCUT2D eigenvalue weighted by Gasteiger charge is 2.28. The second-order valence-corrected chi connectivity index (χ2v) is 5.30. The highest BCUT2D eigenvalue weighted by Crippen LogP contribution is 2.32. The maximum atomic E-state index is 6.09. The summed E-state index contributed by atoms with van der Waals surface area (Å²) in [5, 5.41) is 0. The highest BCUT2D eigenvalue weighted by molar-refractivity contribution is 5.59. The van der Waals surface area contributed by atoms with Crippen molar-refractivity contribution in [3.05, 3.63) is 29.8 Å². The summed E-state index contributed by atoms with van der Waals surface area (Å²) in [6.45, 7) is 7.36. The molecular weight excluding hydrogens is 184 g/mol. The number of anilines is 1. The van der Waals surface area contributed by atoms with Crippen molar-refractivity contribution in [1.29, 1.82) is 0 Å². The maximum absolute atomic E-state index is 6.09. The molecule has 1 aliphatic rings. The number of para-hydroxylation sites is 1. The van der Waals surface area contributed by atoms with E-state index in [-0.39, 0.29) is 5.54 Å². The van der Waals surface area contributed by atoms with Gasteiger partial charge in [-0.25, -0.2) is 0 Å². The van der Waals surface area contributed by atoms with Gasteiger partial charge in [-0.2, -0.15) is 0 Å². The van der Waals surface area contributed by atoms with E-state index in [0.717, 1.165) is 13.0 Å². The molecule has 1 atom stereocenters. The highest BCUT2D eigenvalue weighted by atomic mass is 15.2. The number of nitrogens with two attached hydrogens (primary N) is 1. The molecule has 2 N–H and O–H groups in total. The summed E-state index contributed by atoms with van der Waals surface area (Å²) in [4.78, 5) is 2.43. The van der Waals surface area contributed by atoms with E-state index in [9.17, 15) is 0 Å². The van der Waals surface area contributed by atoms with Crippen LogP contribution in [0.2, 0.25) is 0 Å². The molecule has 0 aliphatic carbocycles. The van der Waals surface area contributed by atoms with Crippen LogP contribution in [0.15, 0.2) is 24.3 Å². The van der Waals surface area contributed by atoms with Gasteiger partial charge >= 0.3 is 0 Å². The number of fused-ring (bicyclic) bond motifs is 1. The van der Waals surface area contributed by atoms with Gasteiger partial charge < -0.3 is 10.6 Å². The Kier molecular flexibility index (Phi) is 2.47. The monoisotopic (exact) mass is 204 g/mol. The summed E-state index contributed by atoms with van der Waals surface area (Å²) in [6.07, 6.45) is 1.15. The van der Waals surface area contributed by atoms with Gasteiger partial charge in [0.05, 0.1) is 0 Å². The summed E-state index contributed by atoms with van der Waals surface area (Å²) in [6, 6.07) is 9.21. The van der Waals surface area contributed by atoms with Crippen LogP contribution in [-0.4, -0.2) is 18.1 Å². The molecule has 15 heavy (non-hydrogen) atoms. The lowest BCUT2D eigenvalue weighted by atomic mass is 10.1. The normalized spacial score (nSPS) is 20.5. The van der Waals surface area contributed by atoms with Crippen molar-refractivity contribution >= 4 is 5.69 Å². The number of benzene rings is 1. The third-order valence-electron chi connectivity index (χ3n) is 2.93. The minimum atomic E-state index is -0.133. The second kappa shape index (κ2) is 3.53. The van der Waals surface area contributed by atoms with Gasteiger partial charge in [-0.05, 0) is 38.8 Å². The van der Waals surface area contributed by atoms with E-state index in [4.69, 9.17) is 5.73 Å². The summed E-state index contributed by atoms with van der Waals surface area (Å²) in [5.41, 5.74) is 8.78. The zero-order valence-electron chi connectivity index (χ0n) is 9.83. The van der Waals surface area contributed by atoms with E-state index in [1.54, 1.807) is 0 Å². The first-order valence-corrected chi connectivity index (χ1v) is 5.61. The molecule has 1 aromatic carbocycles. The average molecular weight is 204 g/mol. The van der Waals surface area contributed by atoms with Crippen LogP contribution in [0.5, 0.6) is 0 Å². The molecule has 2 nitrogen and oxygen atoms in total. The van der Waals surface area contributed by atoms with Crippen LogP contribution in [0.1, 0.15) is 26.3 Å². The van der Waals surface area contributed by atoms with Crippen LogP contribution in [0.25, 0.3) is 0 Å². The quantitative estimate of drug-likeness (QED) is 0.800. The largest absolute Gasteiger partial charge is 0.366 e. The van der Waals surface area contributed by atoms with Crippen molar-refractivity contribution in [1.82, 2.24) is 0 Å². The van der Waals surface area contributed by atoms with Crippen molar-refractivity contribution in [3.8, 4) is 0 Å². The Bertz CT molecular complexity index is 352. The average Bonchev–Trinajstić information content (AvgIpc) is 2.41. The van der Waals surface area contributed by atoms with Crippen molar-refractivity contribution in [2.24, 2.45) is 5.73 Å². The predicted molar refractivity (Wildman–Crippen MR) is 65.2 cm³/mol. The molecule has 0 saturated carbocycles. The molecular formula is C13H20N2. The summed E-state index contributed by atoms with van der Waals surface area (Å²) < 4.78 is 0. The van der Waals surface area contributed by atoms with Crippen molar-refractivity contribution in [2.45, 2.75) is 38.8 Å². The molecule has 0 saturated heterocycles. The molecule has 0 bridgehead atoms. The molecule has 2 rings (SSSR count). The third-order valence-corrected chi connectivity index (χ3v) is 2.93. The van der Waals surface area contributed by atoms with E-state index < -0.39 is 0 Å². The lowest BCUT2D eigenvalue weighted by Gasteiger charge is -2.32. The predicted octanol–water partition coefficient (Wildman–Crippen LogP) is 2.17. The Morgan fingerprint density at radius 1 is 1.40 bits per heavy atom. The van der Waals surface area contributed by atoms with Crippen LogP contribution in [0, 0.1) is 0 Å². The van der Waals surface area contributed by atoms with E-state index in [1.165, 1.54) is 11.3 Å². The number of hydrogen-bond acceptors (Lipinski definition) is 2. The lowest BCUT2D eigenvalue weighted by molar-refractivity contribution is 0.487. The Morgan fingerprint density at radius 2 is 2.07 bits per heavy atom. The molecule has 1 aliphatic heterocycles. The van der Waals surface area contributed by atoms with Gasteiger partial charge in [-0.15, -0.1) is 0 Å². The van der Waals surface area contributed by atoms with Crippen molar-refractivity contribution in [3.63, 3.8) is 0 Å². The molecule has 0 radical (unpaired) electrons. The fraction of sp³-hybridized carbons (Fsp3) is 0.538. The molecule has 1 heterocycles. The summed E-state index contributed by atoms with van der Waals surface area (Å²) in [7, 11) is 0. The van der Waals surface area contributed by atoms with E-state index in [1.807, 2.05) is 0 Å². The molecule has 1 unspecified atom stereocenters. The first-order valence-electron chi connectivity index (χ1n) is 5.61. The maximum Gasteiger partial charge on any atom is 0.0402 e. The van der Waals surface area contributed by atoms with Crippen LogP contribution in [-0.2, 0) is 6.42 Å². The minimum Gasteiger partial charge on any atom is -0.366 e. The SMILES string of the molecule is CC1Cc2ccccc2N1CC(C)(C)N. The minimum absolute atomic E-state index is 0.133. The Labute approximate surface area is 92.1 Å². The van der Waals surface area contributed by atoms with Crippen LogP contribution < -0.4 is 10.6 Å².